The first-order valence-electron chi connectivity index (χ1n) is 9.64. The van der Waals surface area contributed by atoms with Crippen molar-refractivity contribution in [1.29, 1.82) is 0 Å². The molecule has 0 saturated heterocycles. The standard InChI is InChI=1S/C23H23N3O3/c1-29-21-13-20(25-18-8-3-2-7-16(18)21)22-15(6-4-5-11-24)17-12-14(23(27)28)9-10-19(17)26-22/h2-3,7-10,12-13,26H,4-6,11,24H2,1H3,(H,27,28). The highest BCUT2D eigenvalue weighted by Gasteiger charge is 2.17. The Bertz CT molecular complexity index is 1200. The average Bonchev–Trinajstić information content (AvgIpc) is 3.11. The number of fused-ring (bicyclic) bond motifs is 2. The third-order valence-electron chi connectivity index (χ3n) is 5.19. The quantitative estimate of drug-likeness (QED) is 0.407. The highest BCUT2D eigenvalue weighted by Crippen LogP contribution is 2.35. The van der Waals surface area contributed by atoms with Crippen LogP contribution >= 0.6 is 0 Å². The van der Waals surface area contributed by atoms with Gasteiger partial charge in [-0.3, -0.25) is 0 Å². The molecule has 4 aromatic rings. The zero-order valence-electron chi connectivity index (χ0n) is 16.2. The number of H-pyrrole nitrogens is 1. The number of aryl methyl sites for hydroxylation is 1. The summed E-state index contributed by atoms with van der Waals surface area (Å²) in [6.45, 7) is 0.625. The number of nitrogens with one attached hydrogen (secondary N) is 1. The van der Waals surface area contributed by atoms with Crippen molar-refractivity contribution in [3.63, 3.8) is 0 Å². The van der Waals surface area contributed by atoms with E-state index in [0.29, 0.717) is 6.54 Å². The van der Waals surface area contributed by atoms with E-state index >= 15 is 0 Å². The second-order valence-corrected chi connectivity index (χ2v) is 7.02. The van der Waals surface area contributed by atoms with E-state index in [1.807, 2.05) is 36.4 Å². The fraction of sp³-hybridized carbons (Fsp3) is 0.217. The molecule has 0 fully saturated rings. The van der Waals surface area contributed by atoms with Gasteiger partial charge in [0.25, 0.3) is 0 Å². The number of aromatic amines is 1. The van der Waals surface area contributed by atoms with Crippen LogP contribution in [0.5, 0.6) is 5.75 Å². The summed E-state index contributed by atoms with van der Waals surface area (Å²) in [4.78, 5) is 19.8. The molecule has 0 spiro atoms. The van der Waals surface area contributed by atoms with Crippen molar-refractivity contribution in [3.8, 4) is 17.1 Å². The van der Waals surface area contributed by atoms with E-state index in [1.165, 1.54) is 0 Å². The number of nitrogens with zero attached hydrogens (tertiary/aromatic N) is 1. The molecule has 6 heteroatoms. The monoisotopic (exact) mass is 389 g/mol. The van der Waals surface area contributed by atoms with Gasteiger partial charge in [-0.15, -0.1) is 0 Å². The number of benzene rings is 2. The predicted molar refractivity (Wildman–Crippen MR) is 115 cm³/mol. The maximum absolute atomic E-state index is 11.5. The Labute approximate surface area is 168 Å². The fourth-order valence-corrected chi connectivity index (χ4v) is 3.75. The van der Waals surface area contributed by atoms with Crippen LogP contribution in [0.15, 0.2) is 48.5 Å². The van der Waals surface area contributed by atoms with Crippen molar-refractivity contribution in [1.82, 2.24) is 9.97 Å². The Morgan fingerprint density at radius 3 is 2.72 bits per heavy atom. The zero-order chi connectivity index (χ0) is 20.4. The zero-order valence-corrected chi connectivity index (χ0v) is 16.2. The molecule has 0 radical (unpaired) electrons. The molecule has 0 amide bonds. The molecule has 2 heterocycles. The summed E-state index contributed by atoms with van der Waals surface area (Å²) in [5.41, 5.74) is 10.4. The van der Waals surface area contributed by atoms with Crippen LogP contribution in [0.3, 0.4) is 0 Å². The molecule has 0 saturated carbocycles. The van der Waals surface area contributed by atoms with E-state index in [4.69, 9.17) is 15.5 Å². The smallest absolute Gasteiger partial charge is 0.335 e. The molecular weight excluding hydrogens is 366 g/mol. The van der Waals surface area contributed by atoms with E-state index in [2.05, 4.69) is 4.98 Å². The number of pyridine rings is 1. The van der Waals surface area contributed by atoms with Gasteiger partial charge in [0.15, 0.2) is 0 Å². The third kappa shape index (κ3) is 3.54. The summed E-state index contributed by atoms with van der Waals surface area (Å²) in [5, 5.41) is 11.3. The number of aromatic carboxylic acids is 1. The summed E-state index contributed by atoms with van der Waals surface area (Å²) in [5.74, 6) is -0.184. The maximum atomic E-state index is 11.5. The van der Waals surface area contributed by atoms with Crippen molar-refractivity contribution in [2.75, 3.05) is 13.7 Å². The number of carbonyl (C=O) groups is 1. The van der Waals surface area contributed by atoms with Crippen LogP contribution in [-0.4, -0.2) is 34.7 Å². The van der Waals surface area contributed by atoms with Gasteiger partial charge >= 0.3 is 5.97 Å². The van der Waals surface area contributed by atoms with Gasteiger partial charge < -0.3 is 20.6 Å². The largest absolute Gasteiger partial charge is 0.496 e. The van der Waals surface area contributed by atoms with E-state index in [9.17, 15) is 9.90 Å². The molecule has 0 aliphatic rings. The minimum atomic E-state index is -0.937. The number of nitrogens with two attached hydrogens (primary N) is 1. The van der Waals surface area contributed by atoms with Crippen LogP contribution in [0.1, 0.15) is 28.8 Å². The first-order valence-corrected chi connectivity index (χ1v) is 9.64. The number of rotatable bonds is 7. The van der Waals surface area contributed by atoms with Gasteiger partial charge in [-0.25, -0.2) is 9.78 Å². The van der Waals surface area contributed by atoms with Crippen LogP contribution in [0.4, 0.5) is 0 Å². The molecule has 6 nitrogen and oxygen atoms in total. The second-order valence-electron chi connectivity index (χ2n) is 7.02. The summed E-state index contributed by atoms with van der Waals surface area (Å²) in [6, 6.07) is 14.9. The number of ether oxygens (including phenoxy) is 1. The van der Waals surface area contributed by atoms with Gasteiger partial charge in [-0.1, -0.05) is 12.1 Å². The van der Waals surface area contributed by atoms with Gasteiger partial charge in [0, 0.05) is 22.4 Å². The lowest BCUT2D eigenvalue weighted by atomic mass is 10.0. The topological polar surface area (TPSA) is 101 Å². The summed E-state index contributed by atoms with van der Waals surface area (Å²) in [6.07, 6.45) is 2.60. The highest BCUT2D eigenvalue weighted by molar-refractivity contribution is 5.98. The normalized spacial score (nSPS) is 11.2. The van der Waals surface area contributed by atoms with E-state index in [-0.39, 0.29) is 5.56 Å². The molecule has 0 atom stereocenters. The van der Waals surface area contributed by atoms with Crippen LogP contribution in [0, 0.1) is 0 Å². The van der Waals surface area contributed by atoms with E-state index in [1.54, 1.807) is 19.2 Å². The molecule has 2 aromatic heterocycles. The van der Waals surface area contributed by atoms with Crippen LogP contribution in [0.2, 0.25) is 0 Å². The number of hydrogen-bond acceptors (Lipinski definition) is 4. The Morgan fingerprint density at radius 1 is 1.14 bits per heavy atom. The molecule has 0 unspecified atom stereocenters. The number of aromatic nitrogens is 2. The van der Waals surface area contributed by atoms with Crippen LogP contribution in [0.25, 0.3) is 33.2 Å². The van der Waals surface area contributed by atoms with Gasteiger partial charge in [-0.2, -0.15) is 0 Å². The number of carboxylic acids is 1. The highest BCUT2D eigenvalue weighted by atomic mass is 16.5. The predicted octanol–water partition coefficient (Wildman–Crippen LogP) is 4.37. The fourth-order valence-electron chi connectivity index (χ4n) is 3.75. The molecule has 4 rings (SSSR count). The lowest BCUT2D eigenvalue weighted by molar-refractivity contribution is 0.0697. The Balaban J connectivity index is 1.93. The van der Waals surface area contributed by atoms with Gasteiger partial charge in [-0.05, 0) is 61.7 Å². The van der Waals surface area contributed by atoms with Crippen LogP contribution in [-0.2, 0) is 6.42 Å². The number of hydrogen-bond donors (Lipinski definition) is 3. The Morgan fingerprint density at radius 2 is 1.97 bits per heavy atom. The number of unbranched alkanes of at least 4 members (excludes halogenated alkanes) is 1. The van der Waals surface area contributed by atoms with Crippen LogP contribution < -0.4 is 10.5 Å². The van der Waals surface area contributed by atoms with Gasteiger partial charge in [0.1, 0.15) is 5.75 Å². The number of carboxylic acid groups (broad SMARTS) is 1. The second kappa shape index (κ2) is 7.93. The summed E-state index contributed by atoms with van der Waals surface area (Å²) in [7, 11) is 1.65. The molecular formula is C23H23N3O3. The lowest BCUT2D eigenvalue weighted by Crippen LogP contribution is -2.00. The number of methoxy groups -OCH3 is 1. The minimum absolute atomic E-state index is 0.271. The molecule has 0 aliphatic carbocycles. The van der Waals surface area contributed by atoms with Crippen molar-refractivity contribution in [2.45, 2.75) is 19.3 Å². The SMILES string of the molecule is COc1cc(-c2[nH]c3ccc(C(=O)O)cc3c2CCCCN)nc2ccccc12. The molecule has 29 heavy (non-hydrogen) atoms. The summed E-state index contributed by atoms with van der Waals surface area (Å²) < 4.78 is 5.60. The molecule has 148 valence electrons. The summed E-state index contributed by atoms with van der Waals surface area (Å²) >= 11 is 0. The van der Waals surface area contributed by atoms with Crippen molar-refractivity contribution < 1.29 is 14.6 Å². The van der Waals surface area contributed by atoms with Crippen molar-refractivity contribution in [3.05, 3.63) is 59.7 Å². The molecule has 0 aliphatic heterocycles. The maximum Gasteiger partial charge on any atom is 0.335 e. The van der Waals surface area contributed by atoms with E-state index in [0.717, 1.165) is 63.8 Å². The third-order valence-corrected chi connectivity index (χ3v) is 5.19. The minimum Gasteiger partial charge on any atom is -0.496 e. The molecule has 0 bridgehead atoms. The van der Waals surface area contributed by atoms with Crippen molar-refractivity contribution >= 4 is 27.8 Å². The Hall–Kier alpha value is -3.38. The average molecular weight is 389 g/mol. The van der Waals surface area contributed by atoms with Gasteiger partial charge in [0.2, 0.25) is 0 Å². The van der Waals surface area contributed by atoms with E-state index < -0.39 is 5.97 Å². The first-order chi connectivity index (χ1) is 14.1. The Kier molecular flexibility index (Phi) is 5.18. The molecule has 2 aromatic carbocycles. The number of para-hydroxylation sites is 1. The van der Waals surface area contributed by atoms with Gasteiger partial charge in [0.05, 0.1) is 29.6 Å². The first kappa shape index (κ1) is 19.0. The van der Waals surface area contributed by atoms with Crippen molar-refractivity contribution in [2.24, 2.45) is 5.73 Å². The molecule has 4 N–H and O–H groups in total. The lowest BCUT2D eigenvalue weighted by Gasteiger charge is -2.10.